The van der Waals surface area contributed by atoms with Crippen LogP contribution in [0.2, 0.25) is 0 Å². The van der Waals surface area contributed by atoms with Crippen LogP contribution in [0.5, 0.6) is 0 Å². The number of esters is 3. The zero-order valence-corrected chi connectivity index (χ0v) is 23.3. The highest BCUT2D eigenvalue weighted by Gasteiger charge is 2.76. The lowest BCUT2D eigenvalue weighted by molar-refractivity contribution is -0.346. The third-order valence-corrected chi connectivity index (χ3v) is 5.12. The summed E-state index contributed by atoms with van der Waals surface area (Å²) in [5.74, 6) is -42.6. The van der Waals surface area contributed by atoms with E-state index in [1.807, 2.05) is 0 Å². The Kier molecular flexibility index (Phi) is 16.1. The van der Waals surface area contributed by atoms with Gasteiger partial charge in [-0.05, 0) is 0 Å². The minimum Gasteiger partial charge on any atom is -0.460 e. The molecule has 9 nitrogen and oxygen atoms in total. The van der Waals surface area contributed by atoms with Gasteiger partial charge in [-0.1, -0.05) is 6.58 Å². The molecule has 0 aliphatic rings. The Bertz CT molecular complexity index is 1120. The van der Waals surface area contributed by atoms with Gasteiger partial charge < -0.3 is 28.8 Å². The lowest BCUT2D eigenvalue weighted by Crippen LogP contribution is -2.59. The van der Waals surface area contributed by atoms with E-state index in [0.29, 0.717) is 6.08 Å². The second-order valence-corrected chi connectivity index (χ2v) is 8.95. The number of carbonyl (C=O) groups is 3. The molecule has 0 saturated heterocycles. The third kappa shape index (κ3) is 11.7. The Hall–Kier alpha value is -3.35. The van der Waals surface area contributed by atoms with E-state index >= 15 is 0 Å². The summed E-state index contributed by atoms with van der Waals surface area (Å²) in [6.45, 7) is -7.56. The van der Waals surface area contributed by atoms with Crippen LogP contribution in [0.15, 0.2) is 24.8 Å². The zero-order chi connectivity index (χ0) is 37.9. The molecule has 0 aromatic carbocycles. The predicted octanol–water partition coefficient (Wildman–Crippen LogP) is 4.46. The number of ether oxygens (including phenoxy) is 5. The molecule has 48 heavy (non-hydrogen) atoms. The number of aliphatic hydroxyl groups excluding tert-OH is 1. The molecule has 0 rings (SSSR count). The molecule has 0 spiro atoms. The Morgan fingerprint density at radius 3 is 1.42 bits per heavy atom. The van der Waals surface area contributed by atoms with Gasteiger partial charge in [0.15, 0.2) is 6.10 Å². The summed E-state index contributed by atoms with van der Waals surface area (Å²) < 4.78 is 228. The molecule has 0 fully saturated rings. The molecule has 0 saturated carbocycles. The van der Waals surface area contributed by atoms with Gasteiger partial charge in [0, 0.05) is 18.2 Å². The summed E-state index contributed by atoms with van der Waals surface area (Å²) in [5, 5.41) is 9.47. The first-order valence-corrected chi connectivity index (χ1v) is 12.1. The molecule has 25 heteroatoms. The molecule has 0 aromatic heterocycles. The average molecular weight is 746 g/mol. The fraction of sp³-hybridized carbons (Fsp3) is 0.696. The van der Waals surface area contributed by atoms with Crippen LogP contribution < -0.4 is 0 Å². The highest BCUT2D eigenvalue weighted by atomic mass is 19.4. The monoisotopic (exact) mass is 746 g/mol. The van der Waals surface area contributed by atoms with Gasteiger partial charge >= 0.3 is 66.3 Å². The minimum absolute atomic E-state index is 0.158. The maximum atomic E-state index is 13.6. The first-order valence-electron chi connectivity index (χ1n) is 12.1. The van der Waals surface area contributed by atoms with Crippen molar-refractivity contribution in [2.45, 2.75) is 60.6 Å². The van der Waals surface area contributed by atoms with Crippen LogP contribution >= 0.6 is 0 Å². The van der Waals surface area contributed by atoms with Crippen LogP contribution in [-0.2, 0) is 38.1 Å². The van der Waals surface area contributed by atoms with Gasteiger partial charge in [0.2, 0.25) is 0 Å². The molecule has 0 aliphatic heterocycles. The number of aliphatic hydroxyl groups is 1. The number of rotatable bonds is 22. The zero-order valence-electron chi connectivity index (χ0n) is 23.3. The Balaban J connectivity index is 5.11. The highest BCUT2D eigenvalue weighted by molar-refractivity contribution is 5.91. The number of hydrogen-bond acceptors (Lipinski definition) is 9. The van der Waals surface area contributed by atoms with Gasteiger partial charge in [-0.2, -0.15) is 52.7 Å². The van der Waals surface area contributed by atoms with Gasteiger partial charge in [-0.15, -0.1) is 0 Å². The van der Waals surface area contributed by atoms with Crippen molar-refractivity contribution in [3.05, 3.63) is 24.8 Å². The maximum Gasteiger partial charge on any atom is 0.380 e. The van der Waals surface area contributed by atoms with Crippen molar-refractivity contribution >= 4 is 17.9 Å². The van der Waals surface area contributed by atoms with Crippen LogP contribution in [0.25, 0.3) is 0 Å². The molecule has 0 radical (unpaired) electrons. The fourth-order valence-corrected chi connectivity index (χ4v) is 2.55. The lowest BCUT2D eigenvalue weighted by atomic mass is 10.1. The Morgan fingerprint density at radius 2 is 1.00 bits per heavy atom. The molecule has 1 N–H and O–H groups in total. The fourth-order valence-electron chi connectivity index (χ4n) is 2.55. The SMILES string of the molecule is C=CC(=O)OCC(COCC(F)(F)C(F)(F)C(F)(F)C(F)F)OC(=O)/C=C\C(=O)OCC(O)COCC(F)(F)C(F)(F)C(F)(F)C(F)F. The van der Waals surface area contributed by atoms with Crippen LogP contribution in [0.3, 0.4) is 0 Å². The molecule has 0 amide bonds. The second-order valence-electron chi connectivity index (χ2n) is 8.95. The van der Waals surface area contributed by atoms with E-state index < -0.39 is 118 Å². The van der Waals surface area contributed by atoms with Crippen LogP contribution in [0.4, 0.5) is 70.2 Å². The predicted molar refractivity (Wildman–Crippen MR) is 120 cm³/mol. The third-order valence-electron chi connectivity index (χ3n) is 5.12. The standard InChI is InChI=1S/C23H22F16O9/c1-2-13(41)47-8-12(7-45-10-19(30,31)23(38,39)21(34,35)17(26)27)48-15(43)4-3-14(42)46-6-11(40)5-44-9-18(28,29)22(36,37)20(32,33)16(24)25/h2-4,11-12,16-17,40H,1,5-10H2/b4-3-. The number of hydrogen-bond donors (Lipinski definition) is 1. The van der Waals surface area contributed by atoms with Crippen LogP contribution in [0.1, 0.15) is 0 Å². The maximum absolute atomic E-state index is 13.6. The summed E-state index contributed by atoms with van der Waals surface area (Å²) in [7, 11) is 0. The molecule has 280 valence electrons. The van der Waals surface area contributed by atoms with Gasteiger partial charge in [0.1, 0.15) is 32.5 Å². The molecule has 0 heterocycles. The number of alkyl halides is 16. The topological polar surface area (TPSA) is 118 Å². The lowest BCUT2D eigenvalue weighted by Gasteiger charge is -2.32. The van der Waals surface area contributed by atoms with Gasteiger partial charge in [0.25, 0.3) is 0 Å². The van der Waals surface area contributed by atoms with Crippen LogP contribution in [-0.4, -0.2) is 123 Å². The first-order chi connectivity index (χ1) is 21.6. The molecule has 0 bridgehead atoms. The van der Waals surface area contributed by atoms with E-state index in [0.717, 1.165) is 0 Å². The first kappa shape index (κ1) is 44.6. The summed E-state index contributed by atoms with van der Waals surface area (Å²) in [5.41, 5.74) is 0. The minimum atomic E-state index is -6.65. The molecule has 0 aromatic rings. The molecule has 2 atom stereocenters. The number of carbonyl (C=O) groups excluding carboxylic acids is 3. The van der Waals surface area contributed by atoms with Gasteiger partial charge in [-0.25, -0.2) is 31.9 Å². The normalized spacial score (nSPS) is 15.1. The Labute approximate surface area is 257 Å². The van der Waals surface area contributed by atoms with Crippen molar-refractivity contribution in [1.29, 1.82) is 0 Å². The van der Waals surface area contributed by atoms with E-state index in [4.69, 9.17) is 0 Å². The van der Waals surface area contributed by atoms with E-state index in [-0.39, 0.29) is 12.2 Å². The van der Waals surface area contributed by atoms with Crippen molar-refractivity contribution in [2.75, 3.05) is 39.6 Å². The molecular weight excluding hydrogens is 724 g/mol. The quantitative estimate of drug-likeness (QED) is 0.0742. The molecule has 2 unspecified atom stereocenters. The summed E-state index contributed by atoms with van der Waals surface area (Å²) >= 11 is 0. The Morgan fingerprint density at radius 1 is 0.604 bits per heavy atom. The smallest absolute Gasteiger partial charge is 0.380 e. The van der Waals surface area contributed by atoms with E-state index in [2.05, 4.69) is 30.3 Å². The average Bonchev–Trinajstić information content (AvgIpc) is 2.96. The number of halogens is 16. The summed E-state index contributed by atoms with van der Waals surface area (Å²) in [6.07, 6.45) is -13.8. The van der Waals surface area contributed by atoms with Crippen molar-refractivity contribution < 1.29 is 113 Å². The molecule has 0 aliphatic carbocycles. The van der Waals surface area contributed by atoms with Crippen molar-refractivity contribution in [2.24, 2.45) is 0 Å². The van der Waals surface area contributed by atoms with Crippen molar-refractivity contribution in [3.63, 3.8) is 0 Å². The van der Waals surface area contributed by atoms with Gasteiger partial charge in [-0.3, -0.25) is 0 Å². The molecular formula is C23H22F16O9. The largest absolute Gasteiger partial charge is 0.460 e. The van der Waals surface area contributed by atoms with Crippen LogP contribution in [0, 0.1) is 0 Å². The summed E-state index contributed by atoms with van der Waals surface area (Å²) in [6, 6.07) is 0. The summed E-state index contributed by atoms with van der Waals surface area (Å²) in [4.78, 5) is 34.7. The van der Waals surface area contributed by atoms with E-state index in [9.17, 15) is 89.7 Å². The second kappa shape index (κ2) is 17.3. The van der Waals surface area contributed by atoms with E-state index in [1.54, 1.807) is 0 Å². The van der Waals surface area contributed by atoms with E-state index in [1.165, 1.54) is 0 Å². The van der Waals surface area contributed by atoms with Crippen molar-refractivity contribution in [3.8, 4) is 0 Å². The highest BCUT2D eigenvalue weighted by Crippen LogP contribution is 2.49. The van der Waals surface area contributed by atoms with Crippen molar-refractivity contribution in [1.82, 2.24) is 0 Å². The van der Waals surface area contributed by atoms with Gasteiger partial charge in [0.05, 0.1) is 13.2 Å².